The van der Waals surface area contributed by atoms with Crippen molar-refractivity contribution in [3.05, 3.63) is 29.6 Å². The number of nitrogens with zero attached hydrogens (tertiary/aromatic N) is 1. The van der Waals surface area contributed by atoms with Crippen LogP contribution in [0.4, 0.5) is 0 Å². The molecule has 0 fully saturated rings. The highest BCUT2D eigenvalue weighted by molar-refractivity contribution is 5.94. The average molecular weight is 209 g/mol. The van der Waals surface area contributed by atoms with E-state index in [1.54, 1.807) is 0 Å². The zero-order valence-electron chi connectivity index (χ0n) is 7.93. The molecule has 6 nitrogen and oxygen atoms in total. The maximum absolute atomic E-state index is 11.3. The third kappa shape index (κ3) is 3.03. The Morgan fingerprint density at radius 2 is 2.20 bits per heavy atom. The van der Waals surface area contributed by atoms with Gasteiger partial charge in [-0.05, 0) is 12.1 Å². The van der Waals surface area contributed by atoms with E-state index in [1.165, 1.54) is 18.3 Å². The molecule has 1 aromatic rings. The molecule has 0 spiro atoms. The molecule has 15 heavy (non-hydrogen) atoms. The van der Waals surface area contributed by atoms with Crippen molar-refractivity contribution in [1.82, 2.24) is 10.3 Å². The smallest absolute Gasteiger partial charge is 0.354 e. The van der Waals surface area contributed by atoms with E-state index in [-0.39, 0.29) is 11.6 Å². The van der Waals surface area contributed by atoms with Gasteiger partial charge in [-0.2, -0.15) is 0 Å². The molecule has 0 unspecified atom stereocenters. The van der Waals surface area contributed by atoms with E-state index < -0.39 is 5.97 Å². The van der Waals surface area contributed by atoms with Crippen molar-refractivity contribution in [2.45, 2.75) is 0 Å². The van der Waals surface area contributed by atoms with Crippen molar-refractivity contribution in [1.29, 1.82) is 0 Å². The predicted octanol–water partition coefficient (Wildman–Crippen LogP) is -0.532. The average Bonchev–Trinajstić information content (AvgIpc) is 2.26. The second-order valence-corrected chi connectivity index (χ2v) is 2.78. The number of nitrogens with one attached hydrogen (secondary N) is 1. The minimum absolute atomic E-state index is 0.0922. The summed E-state index contributed by atoms with van der Waals surface area (Å²) in [6, 6.07) is 2.68. The number of hydrogen-bond acceptors (Lipinski definition) is 4. The zero-order chi connectivity index (χ0) is 11.3. The standard InChI is InChI=1S/C9H11N3O3/c10-3-4-11-8(13)6-1-2-7(9(14)15)12-5-6/h1-2,5H,3-4,10H2,(H,11,13)(H,14,15). The van der Waals surface area contributed by atoms with Crippen LogP contribution in [-0.4, -0.2) is 35.1 Å². The molecule has 0 atom stereocenters. The molecule has 0 aliphatic rings. The van der Waals surface area contributed by atoms with Gasteiger partial charge in [-0.15, -0.1) is 0 Å². The van der Waals surface area contributed by atoms with Crippen LogP contribution in [0.15, 0.2) is 18.3 Å². The van der Waals surface area contributed by atoms with Crippen LogP contribution in [0.5, 0.6) is 0 Å². The molecule has 0 aliphatic carbocycles. The number of carbonyl (C=O) groups is 2. The molecular formula is C9H11N3O3. The Kier molecular flexibility index (Phi) is 3.75. The van der Waals surface area contributed by atoms with Crippen LogP contribution in [0.3, 0.4) is 0 Å². The summed E-state index contributed by atoms with van der Waals surface area (Å²) < 4.78 is 0. The molecule has 80 valence electrons. The molecule has 1 aromatic heterocycles. The van der Waals surface area contributed by atoms with Gasteiger partial charge in [0.2, 0.25) is 0 Å². The minimum atomic E-state index is -1.12. The molecule has 1 heterocycles. The van der Waals surface area contributed by atoms with Crippen LogP contribution in [0.1, 0.15) is 20.8 Å². The molecular weight excluding hydrogens is 198 g/mol. The fourth-order valence-electron chi connectivity index (χ4n) is 0.942. The maximum Gasteiger partial charge on any atom is 0.354 e. The van der Waals surface area contributed by atoms with Gasteiger partial charge in [0, 0.05) is 19.3 Å². The molecule has 0 radical (unpaired) electrons. The molecule has 1 amide bonds. The number of rotatable bonds is 4. The van der Waals surface area contributed by atoms with Crippen LogP contribution in [0.25, 0.3) is 0 Å². The Morgan fingerprint density at radius 1 is 1.47 bits per heavy atom. The monoisotopic (exact) mass is 209 g/mol. The fourth-order valence-corrected chi connectivity index (χ4v) is 0.942. The number of hydrogen-bond donors (Lipinski definition) is 3. The van der Waals surface area contributed by atoms with Crippen molar-refractivity contribution < 1.29 is 14.7 Å². The summed E-state index contributed by atoms with van der Waals surface area (Å²) in [6.07, 6.45) is 1.22. The van der Waals surface area contributed by atoms with Crippen molar-refractivity contribution in [2.24, 2.45) is 5.73 Å². The summed E-state index contributed by atoms with van der Waals surface area (Å²) in [7, 11) is 0. The van der Waals surface area contributed by atoms with Gasteiger partial charge in [0.05, 0.1) is 5.56 Å². The van der Waals surface area contributed by atoms with Gasteiger partial charge in [-0.3, -0.25) is 4.79 Å². The first-order chi connectivity index (χ1) is 7.15. The summed E-state index contributed by atoms with van der Waals surface area (Å²) in [5.74, 6) is -1.44. The van der Waals surface area contributed by atoms with E-state index in [2.05, 4.69) is 10.3 Å². The van der Waals surface area contributed by atoms with Crippen LogP contribution < -0.4 is 11.1 Å². The molecule has 4 N–H and O–H groups in total. The van der Waals surface area contributed by atoms with E-state index >= 15 is 0 Å². The number of carboxylic acids is 1. The number of amides is 1. The number of carbonyl (C=O) groups excluding carboxylic acids is 1. The van der Waals surface area contributed by atoms with Crippen LogP contribution in [0.2, 0.25) is 0 Å². The van der Waals surface area contributed by atoms with E-state index in [0.29, 0.717) is 18.7 Å². The minimum Gasteiger partial charge on any atom is -0.477 e. The molecule has 0 aromatic carbocycles. The number of nitrogens with two attached hydrogens (primary N) is 1. The Hall–Kier alpha value is -1.95. The summed E-state index contributed by atoms with van der Waals surface area (Å²) >= 11 is 0. The SMILES string of the molecule is NCCNC(=O)c1ccc(C(=O)O)nc1. The number of aromatic carboxylic acids is 1. The lowest BCUT2D eigenvalue weighted by molar-refractivity contribution is 0.0689. The normalized spacial score (nSPS) is 9.67. The van der Waals surface area contributed by atoms with Gasteiger partial charge < -0.3 is 16.2 Å². The Balaban J connectivity index is 2.71. The first kappa shape index (κ1) is 11.1. The lowest BCUT2D eigenvalue weighted by Gasteiger charge is -2.02. The summed E-state index contributed by atoms with van der Waals surface area (Å²) in [5, 5.41) is 11.1. The second kappa shape index (κ2) is 5.06. The number of pyridine rings is 1. The van der Waals surface area contributed by atoms with Gasteiger partial charge in [0.1, 0.15) is 5.69 Å². The molecule has 0 aliphatic heterocycles. The molecule has 0 saturated heterocycles. The largest absolute Gasteiger partial charge is 0.477 e. The zero-order valence-corrected chi connectivity index (χ0v) is 7.93. The summed E-state index contributed by atoms with van der Waals surface area (Å²) in [6.45, 7) is 0.728. The van der Waals surface area contributed by atoms with E-state index in [9.17, 15) is 9.59 Å². The number of carboxylic acid groups (broad SMARTS) is 1. The first-order valence-electron chi connectivity index (χ1n) is 4.32. The highest BCUT2D eigenvalue weighted by atomic mass is 16.4. The van der Waals surface area contributed by atoms with E-state index in [0.717, 1.165) is 0 Å². The Bertz CT molecular complexity index is 361. The van der Waals surface area contributed by atoms with Crippen LogP contribution >= 0.6 is 0 Å². The van der Waals surface area contributed by atoms with E-state index in [1.807, 2.05) is 0 Å². The van der Waals surface area contributed by atoms with Crippen molar-refractivity contribution >= 4 is 11.9 Å². The lowest BCUT2D eigenvalue weighted by atomic mass is 10.2. The highest BCUT2D eigenvalue weighted by Gasteiger charge is 2.07. The third-order valence-corrected chi connectivity index (χ3v) is 1.67. The van der Waals surface area contributed by atoms with Gasteiger partial charge in [0.15, 0.2) is 0 Å². The van der Waals surface area contributed by atoms with Crippen LogP contribution in [0, 0.1) is 0 Å². The predicted molar refractivity (Wildman–Crippen MR) is 52.6 cm³/mol. The first-order valence-corrected chi connectivity index (χ1v) is 4.32. The van der Waals surface area contributed by atoms with Crippen molar-refractivity contribution in [3.8, 4) is 0 Å². The third-order valence-electron chi connectivity index (χ3n) is 1.67. The molecule has 0 saturated carbocycles. The van der Waals surface area contributed by atoms with Gasteiger partial charge >= 0.3 is 5.97 Å². The molecule has 1 rings (SSSR count). The molecule has 6 heteroatoms. The Labute approximate surface area is 86.1 Å². The quantitative estimate of drug-likeness (QED) is 0.618. The summed E-state index contributed by atoms with van der Waals surface area (Å²) in [4.78, 5) is 25.4. The lowest BCUT2D eigenvalue weighted by Crippen LogP contribution is -2.29. The van der Waals surface area contributed by atoms with E-state index in [4.69, 9.17) is 10.8 Å². The Morgan fingerprint density at radius 3 is 2.67 bits per heavy atom. The van der Waals surface area contributed by atoms with Gasteiger partial charge in [-0.25, -0.2) is 9.78 Å². The fraction of sp³-hybridized carbons (Fsp3) is 0.222. The van der Waals surface area contributed by atoms with Gasteiger partial charge in [-0.1, -0.05) is 0 Å². The topological polar surface area (TPSA) is 105 Å². The molecule has 0 bridgehead atoms. The van der Waals surface area contributed by atoms with Crippen molar-refractivity contribution in [2.75, 3.05) is 13.1 Å². The highest BCUT2D eigenvalue weighted by Crippen LogP contribution is 2.00. The van der Waals surface area contributed by atoms with Gasteiger partial charge in [0.25, 0.3) is 5.91 Å². The maximum atomic E-state index is 11.3. The van der Waals surface area contributed by atoms with Crippen molar-refractivity contribution in [3.63, 3.8) is 0 Å². The summed E-state index contributed by atoms with van der Waals surface area (Å²) in [5.41, 5.74) is 5.43. The second-order valence-electron chi connectivity index (χ2n) is 2.78. The number of aromatic nitrogens is 1. The van der Waals surface area contributed by atoms with Crippen LogP contribution in [-0.2, 0) is 0 Å².